The zero-order valence-electron chi connectivity index (χ0n) is 11.7. The van der Waals surface area contributed by atoms with Gasteiger partial charge in [0.05, 0.1) is 5.33 Å². The van der Waals surface area contributed by atoms with Crippen molar-refractivity contribution in [3.05, 3.63) is 11.6 Å². The van der Waals surface area contributed by atoms with E-state index in [9.17, 15) is 0 Å². The third-order valence-corrected chi connectivity index (χ3v) is 4.34. The van der Waals surface area contributed by atoms with Gasteiger partial charge in [0.25, 0.3) is 0 Å². The Hall–Kier alpha value is -0.380. The van der Waals surface area contributed by atoms with Gasteiger partial charge >= 0.3 is 0 Å². The molecule has 0 atom stereocenters. The first-order valence-corrected chi connectivity index (χ1v) is 8.14. The van der Waals surface area contributed by atoms with Crippen LogP contribution in [-0.2, 0) is 17.3 Å². The molecule has 0 radical (unpaired) electrons. The number of aryl methyl sites for hydroxylation is 1. The first kappa shape index (κ1) is 14.0. The highest BCUT2D eigenvalue weighted by molar-refractivity contribution is 9.08. The quantitative estimate of drug-likeness (QED) is 0.785. The molecule has 0 aromatic carbocycles. The normalized spacial score (nSPS) is 17.6. The molecule has 1 aliphatic carbocycles. The largest absolute Gasteiger partial charge is 0.309 e. The third kappa shape index (κ3) is 3.14. The van der Waals surface area contributed by atoms with E-state index in [0.717, 1.165) is 29.3 Å². The van der Waals surface area contributed by atoms with Gasteiger partial charge in [0.15, 0.2) is 0 Å². The summed E-state index contributed by atoms with van der Waals surface area (Å²) in [5, 5.41) is 9.49. The van der Waals surface area contributed by atoms with Gasteiger partial charge in [-0.15, -0.1) is 10.2 Å². The van der Waals surface area contributed by atoms with Gasteiger partial charge in [-0.05, 0) is 33.1 Å². The van der Waals surface area contributed by atoms with Crippen LogP contribution in [0, 0.1) is 5.92 Å². The number of halogens is 1. The highest BCUT2D eigenvalue weighted by atomic mass is 79.9. The molecule has 1 aromatic rings. The van der Waals surface area contributed by atoms with E-state index in [-0.39, 0.29) is 5.54 Å². The van der Waals surface area contributed by atoms with Gasteiger partial charge in [-0.25, -0.2) is 0 Å². The summed E-state index contributed by atoms with van der Waals surface area (Å²) in [6, 6.07) is 0. The van der Waals surface area contributed by atoms with Crippen LogP contribution in [0.5, 0.6) is 0 Å². The second-order valence-electron chi connectivity index (χ2n) is 6.36. The molecule has 0 amide bonds. The molecule has 4 heteroatoms. The van der Waals surface area contributed by atoms with Crippen molar-refractivity contribution in [1.29, 1.82) is 0 Å². The minimum atomic E-state index is 0.0671. The van der Waals surface area contributed by atoms with E-state index in [2.05, 4.69) is 51.5 Å². The minimum Gasteiger partial charge on any atom is -0.309 e. The van der Waals surface area contributed by atoms with Crippen LogP contribution in [0.2, 0.25) is 0 Å². The maximum atomic E-state index is 4.40. The fraction of sp³-hybridized carbons (Fsp3) is 0.857. The number of nitrogens with zero attached hydrogens (tertiary/aromatic N) is 3. The highest BCUT2D eigenvalue weighted by Crippen LogP contribution is 2.29. The van der Waals surface area contributed by atoms with Gasteiger partial charge < -0.3 is 4.57 Å². The number of alkyl halides is 1. The van der Waals surface area contributed by atoms with Crippen molar-refractivity contribution < 1.29 is 0 Å². The molecule has 0 aliphatic heterocycles. The Morgan fingerprint density at radius 1 is 1.17 bits per heavy atom. The fourth-order valence-corrected chi connectivity index (χ4v) is 3.37. The van der Waals surface area contributed by atoms with E-state index in [4.69, 9.17) is 0 Å². The van der Waals surface area contributed by atoms with E-state index in [1.54, 1.807) is 0 Å². The summed E-state index contributed by atoms with van der Waals surface area (Å²) in [5.41, 5.74) is 0.0671. The number of rotatable bonds is 4. The number of hydrogen-bond acceptors (Lipinski definition) is 2. The minimum absolute atomic E-state index is 0.0671. The summed E-state index contributed by atoms with van der Waals surface area (Å²) in [6.07, 6.45) is 8.01. The van der Waals surface area contributed by atoms with Crippen LogP contribution in [0.25, 0.3) is 0 Å². The van der Waals surface area contributed by atoms with E-state index in [0.29, 0.717) is 0 Å². The number of aromatic nitrogens is 3. The maximum absolute atomic E-state index is 4.40. The summed E-state index contributed by atoms with van der Waals surface area (Å²) < 4.78 is 2.30. The van der Waals surface area contributed by atoms with E-state index >= 15 is 0 Å². The van der Waals surface area contributed by atoms with Crippen LogP contribution in [0.15, 0.2) is 0 Å². The van der Waals surface area contributed by atoms with Crippen molar-refractivity contribution in [3.8, 4) is 0 Å². The molecule has 0 N–H and O–H groups in total. The van der Waals surface area contributed by atoms with Gasteiger partial charge in [-0.1, -0.05) is 41.6 Å². The average molecular weight is 314 g/mol. The molecular weight excluding hydrogens is 290 g/mol. The van der Waals surface area contributed by atoms with E-state index in [1.165, 1.54) is 32.1 Å². The first-order chi connectivity index (χ1) is 8.52. The standard InChI is InChI=1S/C14H24BrN3/c1-14(2,3)18-12(16-17-13(18)10-15)9-8-11-6-4-5-7-11/h11H,4-10H2,1-3H3. The van der Waals surface area contributed by atoms with Crippen LogP contribution >= 0.6 is 15.9 Å². The predicted octanol–water partition coefficient (Wildman–Crippen LogP) is 4.05. The van der Waals surface area contributed by atoms with E-state index in [1.807, 2.05) is 0 Å². The van der Waals surface area contributed by atoms with Crippen molar-refractivity contribution in [1.82, 2.24) is 14.8 Å². The summed E-state index contributed by atoms with van der Waals surface area (Å²) in [4.78, 5) is 0. The zero-order valence-corrected chi connectivity index (χ0v) is 13.3. The fourth-order valence-electron chi connectivity index (χ4n) is 3.01. The molecule has 1 fully saturated rings. The molecule has 1 aliphatic rings. The lowest BCUT2D eigenvalue weighted by Crippen LogP contribution is -2.26. The molecule has 0 saturated heterocycles. The lowest BCUT2D eigenvalue weighted by molar-refractivity contribution is 0.366. The average Bonchev–Trinajstić information content (AvgIpc) is 2.94. The Morgan fingerprint density at radius 3 is 2.33 bits per heavy atom. The summed E-state index contributed by atoms with van der Waals surface area (Å²) >= 11 is 3.51. The lowest BCUT2D eigenvalue weighted by Gasteiger charge is -2.25. The molecule has 1 heterocycles. The van der Waals surface area contributed by atoms with Gasteiger partial charge in [0, 0.05) is 12.0 Å². The SMILES string of the molecule is CC(C)(C)n1c(CBr)nnc1CCC1CCCC1. The first-order valence-electron chi connectivity index (χ1n) is 7.02. The summed E-state index contributed by atoms with van der Waals surface area (Å²) in [5.74, 6) is 3.12. The maximum Gasteiger partial charge on any atom is 0.144 e. The third-order valence-electron chi connectivity index (χ3n) is 3.84. The molecule has 0 spiro atoms. The Balaban J connectivity index is 2.09. The molecule has 0 unspecified atom stereocenters. The topological polar surface area (TPSA) is 30.7 Å². The molecule has 18 heavy (non-hydrogen) atoms. The van der Waals surface area contributed by atoms with Gasteiger partial charge in [0.2, 0.25) is 0 Å². The molecule has 1 aromatic heterocycles. The van der Waals surface area contributed by atoms with Crippen LogP contribution in [0.3, 0.4) is 0 Å². The van der Waals surface area contributed by atoms with Crippen molar-refractivity contribution in [3.63, 3.8) is 0 Å². The van der Waals surface area contributed by atoms with Gasteiger partial charge in [-0.3, -0.25) is 0 Å². The van der Waals surface area contributed by atoms with Crippen LogP contribution in [0.1, 0.15) is 64.5 Å². The highest BCUT2D eigenvalue weighted by Gasteiger charge is 2.23. The molecule has 3 nitrogen and oxygen atoms in total. The Kier molecular flexibility index (Phi) is 4.46. The van der Waals surface area contributed by atoms with Gasteiger partial charge in [0.1, 0.15) is 11.6 Å². The second kappa shape index (κ2) is 5.72. The smallest absolute Gasteiger partial charge is 0.144 e. The van der Waals surface area contributed by atoms with Crippen molar-refractivity contribution in [2.75, 3.05) is 0 Å². The van der Waals surface area contributed by atoms with E-state index < -0.39 is 0 Å². The predicted molar refractivity (Wildman–Crippen MR) is 77.9 cm³/mol. The van der Waals surface area contributed by atoms with Crippen molar-refractivity contribution in [2.24, 2.45) is 5.92 Å². The Bertz CT molecular complexity index is 386. The molecule has 1 saturated carbocycles. The number of hydrogen-bond donors (Lipinski definition) is 0. The van der Waals surface area contributed by atoms with Crippen LogP contribution < -0.4 is 0 Å². The van der Waals surface area contributed by atoms with Crippen LogP contribution in [-0.4, -0.2) is 14.8 Å². The van der Waals surface area contributed by atoms with Crippen LogP contribution in [0.4, 0.5) is 0 Å². The Morgan fingerprint density at radius 2 is 1.78 bits per heavy atom. The monoisotopic (exact) mass is 313 g/mol. The molecular formula is C14H24BrN3. The Labute approximate surface area is 118 Å². The molecule has 102 valence electrons. The van der Waals surface area contributed by atoms with Gasteiger partial charge in [-0.2, -0.15) is 0 Å². The van der Waals surface area contributed by atoms with Crippen molar-refractivity contribution in [2.45, 2.75) is 70.2 Å². The summed E-state index contributed by atoms with van der Waals surface area (Å²) in [7, 11) is 0. The van der Waals surface area contributed by atoms with Crippen molar-refractivity contribution >= 4 is 15.9 Å². The lowest BCUT2D eigenvalue weighted by atomic mass is 10.0. The molecule has 2 rings (SSSR count). The molecule has 0 bridgehead atoms. The summed E-state index contributed by atoms with van der Waals surface area (Å²) in [6.45, 7) is 6.67. The second-order valence-corrected chi connectivity index (χ2v) is 6.92. The zero-order chi connectivity index (χ0) is 13.2.